The minimum absolute atomic E-state index is 0.265. The van der Waals surface area contributed by atoms with Crippen LogP contribution in [0.5, 0.6) is 11.5 Å². The first-order valence-corrected chi connectivity index (χ1v) is 11.5. The van der Waals surface area contributed by atoms with Crippen molar-refractivity contribution in [3.05, 3.63) is 53.4 Å². The minimum atomic E-state index is -4.94. The highest BCUT2D eigenvalue weighted by atomic mass is 35.7. The maximum absolute atomic E-state index is 8.49. The molecule has 1 aliphatic heterocycles. The van der Waals surface area contributed by atoms with Crippen LogP contribution in [-0.2, 0) is 4.74 Å². The third-order valence-corrected chi connectivity index (χ3v) is 5.13. The summed E-state index contributed by atoms with van der Waals surface area (Å²) in [6.45, 7) is 3.73. The van der Waals surface area contributed by atoms with E-state index in [2.05, 4.69) is 30.1 Å². The summed E-state index contributed by atoms with van der Waals surface area (Å²) in [6, 6.07) is 14.1. The molecular weight excluding hydrogens is 454 g/mol. The number of fused-ring (bicyclic) bond motifs is 1. The maximum atomic E-state index is 8.49. The Morgan fingerprint density at radius 3 is 2.36 bits per heavy atom. The van der Waals surface area contributed by atoms with Gasteiger partial charge < -0.3 is 18.6 Å². The van der Waals surface area contributed by atoms with Gasteiger partial charge in [-0.15, -0.1) is 10.2 Å². The highest BCUT2D eigenvalue weighted by Gasteiger charge is 2.18. The number of hydrogen-bond donors (Lipinski definition) is 1. The van der Waals surface area contributed by atoms with Gasteiger partial charge in [0.25, 0.3) is 0 Å². The largest absolute Gasteiger partial charge is 0.493 e. The van der Waals surface area contributed by atoms with E-state index >= 15 is 0 Å². The lowest BCUT2D eigenvalue weighted by Gasteiger charge is -2.17. The van der Waals surface area contributed by atoms with Crippen LogP contribution in [0.4, 0.5) is 0 Å². The maximum Gasteiger partial charge on any atom is 0.213 e. The van der Waals surface area contributed by atoms with E-state index in [1.807, 2.05) is 24.3 Å². The average molecular weight is 480 g/mol. The predicted molar refractivity (Wildman–Crippen MR) is 107 cm³/mol. The highest BCUT2D eigenvalue weighted by Crippen LogP contribution is 2.32. The molecule has 3 aromatic rings. The molecule has 1 aliphatic rings. The van der Waals surface area contributed by atoms with E-state index in [-0.39, 0.29) is 6.10 Å². The van der Waals surface area contributed by atoms with E-state index in [1.165, 1.54) is 5.56 Å². The Bertz CT molecular complexity index is 1140. The van der Waals surface area contributed by atoms with Crippen molar-refractivity contribution in [2.45, 2.75) is 25.9 Å². The Morgan fingerprint density at radius 2 is 1.73 bits per heavy atom. The second kappa shape index (κ2) is 11.0. The first kappa shape index (κ1) is 25.0. The molecule has 33 heavy (non-hydrogen) atoms. The molecule has 1 atom stereocenters. The number of benzene rings is 2. The van der Waals surface area contributed by atoms with Crippen LogP contribution in [0.3, 0.4) is 0 Å². The fraction of sp³-hybridized carbons (Fsp3) is 0.348. The standard InChI is InChI=1S/C23H25NO4.ClHO4/c1-15-6-8-20-18(11-15)19(24-14-17-5-4-10-27-17)13-22(28-20)16-7-9-21(25-2)23(12-16)26-3;2-1(3,4)5/h6-9,11-13,17H,4-5,10,14H2,1-3H3;(H,2,3,4,5). The summed E-state index contributed by atoms with van der Waals surface area (Å²) in [5, 5.41) is 2.12. The van der Waals surface area contributed by atoms with Gasteiger partial charge in [-0.05, 0) is 50.1 Å². The molecule has 1 fully saturated rings. The molecule has 1 unspecified atom stereocenters. The molecule has 2 heterocycles. The Morgan fingerprint density at radius 1 is 1.00 bits per heavy atom. The summed E-state index contributed by atoms with van der Waals surface area (Å²) in [6.07, 6.45) is 2.50. The van der Waals surface area contributed by atoms with Gasteiger partial charge in [0.15, 0.2) is 18.0 Å². The smallest absolute Gasteiger partial charge is 0.213 e. The van der Waals surface area contributed by atoms with Crippen molar-refractivity contribution in [2.24, 2.45) is 0 Å². The monoisotopic (exact) mass is 479 g/mol. The van der Waals surface area contributed by atoms with E-state index in [9.17, 15) is 0 Å². The first-order chi connectivity index (χ1) is 15.7. The molecule has 1 saturated heterocycles. The Kier molecular flexibility index (Phi) is 8.30. The Hall–Kier alpha value is -2.66. The lowest BCUT2D eigenvalue weighted by atomic mass is 10.1. The van der Waals surface area contributed by atoms with Crippen molar-refractivity contribution in [2.75, 3.05) is 27.4 Å². The quantitative estimate of drug-likeness (QED) is 0.435. The van der Waals surface area contributed by atoms with Crippen LogP contribution in [0.15, 0.2) is 46.9 Å². The minimum Gasteiger partial charge on any atom is -0.493 e. The number of rotatable bonds is 5. The van der Waals surface area contributed by atoms with Crippen molar-refractivity contribution in [1.82, 2.24) is 0 Å². The second-order valence-electron chi connectivity index (χ2n) is 7.49. The Balaban J connectivity index is 0.000000555. The van der Waals surface area contributed by atoms with Gasteiger partial charge in [-0.1, -0.05) is 11.6 Å². The molecule has 10 heteroatoms. The number of ether oxygens (including phenoxy) is 3. The molecule has 0 bridgehead atoms. The summed E-state index contributed by atoms with van der Waals surface area (Å²) >= 11 is 0. The molecule has 0 amide bonds. The predicted octanol–water partition coefficient (Wildman–Crippen LogP) is -2.17. The SMILES string of the molecule is COc1ccc(-c2cc(=[NH+]CC3CCCO3)c3cc(C)ccc3o2)cc1OC.[O-][Cl+3]([O-])([O-])[O-]. The highest BCUT2D eigenvalue weighted by molar-refractivity contribution is 5.79. The van der Waals surface area contributed by atoms with Gasteiger partial charge in [-0.25, -0.2) is 23.6 Å². The van der Waals surface area contributed by atoms with Crippen molar-refractivity contribution in [3.63, 3.8) is 0 Å². The van der Waals surface area contributed by atoms with Gasteiger partial charge in [-0.2, -0.15) is 0 Å². The van der Waals surface area contributed by atoms with Gasteiger partial charge in [0.1, 0.15) is 17.4 Å². The number of hydrogen-bond acceptors (Lipinski definition) is 8. The molecule has 0 spiro atoms. The van der Waals surface area contributed by atoms with Crippen LogP contribution >= 0.6 is 0 Å². The third-order valence-electron chi connectivity index (χ3n) is 5.13. The fourth-order valence-corrected chi connectivity index (χ4v) is 3.61. The summed E-state index contributed by atoms with van der Waals surface area (Å²) in [5.74, 6) is 2.14. The zero-order valence-electron chi connectivity index (χ0n) is 18.6. The second-order valence-corrected chi connectivity index (χ2v) is 8.24. The summed E-state index contributed by atoms with van der Waals surface area (Å²) in [5.41, 5.74) is 2.97. The molecule has 0 aliphatic carbocycles. The third kappa shape index (κ3) is 7.16. The van der Waals surface area contributed by atoms with Crippen LogP contribution in [0, 0.1) is 17.2 Å². The van der Waals surface area contributed by atoms with Crippen LogP contribution in [-0.4, -0.2) is 33.5 Å². The Labute approximate surface area is 193 Å². The number of halogens is 1. The van der Waals surface area contributed by atoms with E-state index < -0.39 is 10.2 Å². The fourth-order valence-electron chi connectivity index (χ4n) is 3.61. The number of aryl methyl sites for hydroxylation is 1. The first-order valence-electron chi connectivity index (χ1n) is 10.2. The van der Waals surface area contributed by atoms with E-state index in [0.29, 0.717) is 11.5 Å². The summed E-state index contributed by atoms with van der Waals surface area (Å²) in [4.78, 5) is 3.58. The van der Waals surface area contributed by atoms with Crippen molar-refractivity contribution < 1.29 is 52.5 Å². The zero-order chi connectivity index (χ0) is 24.0. The topological polar surface area (TPSA) is 147 Å². The molecule has 1 N–H and O–H groups in total. The zero-order valence-corrected chi connectivity index (χ0v) is 19.3. The van der Waals surface area contributed by atoms with Gasteiger partial charge >= 0.3 is 0 Å². The summed E-state index contributed by atoms with van der Waals surface area (Å²) < 4.78 is 56.8. The van der Waals surface area contributed by atoms with E-state index in [1.54, 1.807) is 14.2 Å². The van der Waals surface area contributed by atoms with Gasteiger partial charge in [0.05, 0.1) is 25.7 Å². The van der Waals surface area contributed by atoms with Gasteiger partial charge in [0.2, 0.25) is 5.36 Å². The van der Waals surface area contributed by atoms with E-state index in [4.69, 9.17) is 37.3 Å². The lowest BCUT2D eigenvalue weighted by molar-refractivity contribution is -2.00. The van der Waals surface area contributed by atoms with Crippen molar-refractivity contribution in [1.29, 1.82) is 0 Å². The molecule has 178 valence electrons. The van der Waals surface area contributed by atoms with E-state index in [0.717, 1.165) is 53.6 Å². The number of nitrogens with one attached hydrogen (secondary N) is 1. The van der Waals surface area contributed by atoms with Crippen molar-refractivity contribution >= 4 is 11.0 Å². The molecule has 1 aromatic heterocycles. The van der Waals surface area contributed by atoms with Crippen LogP contribution in [0.2, 0.25) is 0 Å². The van der Waals surface area contributed by atoms with Crippen LogP contribution in [0.25, 0.3) is 22.3 Å². The molecule has 0 saturated carbocycles. The summed E-state index contributed by atoms with van der Waals surface area (Å²) in [7, 11) is -1.68. The van der Waals surface area contributed by atoms with Gasteiger partial charge in [0, 0.05) is 12.2 Å². The average Bonchev–Trinajstić information content (AvgIpc) is 3.29. The lowest BCUT2D eigenvalue weighted by Crippen LogP contribution is -2.79. The molecule has 0 radical (unpaired) electrons. The molecular formula is C23H26ClNO8. The molecule has 9 nitrogen and oxygen atoms in total. The number of methoxy groups -OCH3 is 2. The van der Waals surface area contributed by atoms with Crippen LogP contribution < -0.4 is 38.5 Å². The normalized spacial score (nSPS) is 16.5. The van der Waals surface area contributed by atoms with Crippen molar-refractivity contribution in [3.8, 4) is 22.8 Å². The molecule has 2 aromatic carbocycles. The molecule has 4 rings (SSSR count). The van der Waals surface area contributed by atoms with Gasteiger partial charge in [-0.3, -0.25) is 0 Å². The van der Waals surface area contributed by atoms with Crippen LogP contribution in [0.1, 0.15) is 18.4 Å².